The van der Waals surface area contributed by atoms with E-state index in [4.69, 9.17) is 22.8 Å². The van der Waals surface area contributed by atoms with Gasteiger partial charge in [-0.2, -0.15) is 0 Å². The Morgan fingerprint density at radius 3 is 2.33 bits per heavy atom. The molecule has 0 aromatic heterocycles. The van der Waals surface area contributed by atoms with Crippen LogP contribution in [-0.2, 0) is 4.57 Å². The fourth-order valence-corrected chi connectivity index (χ4v) is 1.21. The first-order chi connectivity index (χ1) is 4.00. The number of hydrogen-bond donors (Lipinski definition) is 0. The van der Waals surface area contributed by atoms with Crippen molar-refractivity contribution in [3.05, 3.63) is 12.7 Å². The summed E-state index contributed by atoms with van der Waals surface area (Å²) in [6.45, 7) is -0.0230. The van der Waals surface area contributed by atoms with Gasteiger partial charge in [-0.05, 0) is 22.8 Å². The maximum atomic E-state index is 10.7. The van der Waals surface area contributed by atoms with Crippen LogP contribution in [0.5, 0.6) is 0 Å². The smallest absolute Gasteiger partial charge is 0.295 e. The van der Waals surface area contributed by atoms with Gasteiger partial charge in [-0.3, -0.25) is 9.36 Å². The molecule has 1 atom stereocenters. The molecule has 0 saturated heterocycles. The van der Waals surface area contributed by atoms with Crippen LogP contribution in [0.2, 0.25) is 0 Å². The number of carbonyl (C=O) groups is 1. The Labute approximate surface area is 63.0 Å². The minimum Gasteiger partial charge on any atom is -0.297 e. The summed E-state index contributed by atoms with van der Waals surface area (Å²) in [6, 6.07) is 0. The molecule has 5 heteroatoms. The standard InChI is InChI=1S/C4H5Cl2O2P/c1-2-3-9(6,8)4(5)7/h2H,1,3H2. The van der Waals surface area contributed by atoms with E-state index in [2.05, 4.69) is 6.58 Å². The van der Waals surface area contributed by atoms with Gasteiger partial charge in [0.15, 0.2) is 0 Å². The lowest BCUT2D eigenvalue weighted by Gasteiger charge is -1.97. The fourth-order valence-electron chi connectivity index (χ4n) is 0.238. The second-order valence-corrected chi connectivity index (χ2v) is 5.70. The van der Waals surface area contributed by atoms with E-state index >= 15 is 0 Å². The lowest BCUT2D eigenvalue weighted by atomic mass is 10.8. The van der Waals surface area contributed by atoms with Crippen molar-refractivity contribution in [2.75, 3.05) is 6.16 Å². The predicted molar refractivity (Wildman–Crippen MR) is 39.8 cm³/mol. The minimum absolute atomic E-state index is 0.0448. The Morgan fingerprint density at radius 2 is 2.22 bits per heavy atom. The van der Waals surface area contributed by atoms with E-state index < -0.39 is 11.5 Å². The van der Waals surface area contributed by atoms with Crippen LogP contribution in [0.1, 0.15) is 0 Å². The summed E-state index contributed by atoms with van der Waals surface area (Å²) >= 11 is 10.0. The molecule has 0 saturated carbocycles. The highest BCUT2D eigenvalue weighted by Gasteiger charge is 2.24. The molecule has 9 heavy (non-hydrogen) atoms. The van der Waals surface area contributed by atoms with E-state index in [9.17, 15) is 9.36 Å². The zero-order valence-electron chi connectivity index (χ0n) is 4.51. The Kier molecular flexibility index (Phi) is 3.49. The van der Waals surface area contributed by atoms with Crippen LogP contribution in [0, 0.1) is 0 Å². The van der Waals surface area contributed by atoms with E-state index in [1.54, 1.807) is 0 Å². The van der Waals surface area contributed by atoms with Crippen molar-refractivity contribution < 1.29 is 9.36 Å². The Balaban J connectivity index is 4.20. The summed E-state index contributed by atoms with van der Waals surface area (Å²) in [4.78, 5) is 9.20. The van der Waals surface area contributed by atoms with Crippen LogP contribution in [0.4, 0.5) is 4.79 Å². The first-order valence-corrected chi connectivity index (χ1v) is 5.28. The molecule has 0 spiro atoms. The lowest BCUT2D eigenvalue weighted by Crippen LogP contribution is -1.83. The molecule has 52 valence electrons. The molecule has 0 amide bonds. The van der Waals surface area contributed by atoms with Crippen LogP contribution in [0.3, 0.4) is 0 Å². The molecule has 0 aromatic rings. The van der Waals surface area contributed by atoms with Crippen molar-refractivity contribution in [1.82, 2.24) is 0 Å². The van der Waals surface area contributed by atoms with Gasteiger partial charge in [0.1, 0.15) is 0 Å². The van der Waals surface area contributed by atoms with Gasteiger partial charge >= 0.3 is 0 Å². The zero-order valence-corrected chi connectivity index (χ0v) is 6.92. The Morgan fingerprint density at radius 1 is 1.78 bits per heavy atom. The molecule has 0 heterocycles. The fraction of sp³-hybridized carbons (Fsp3) is 0.250. The largest absolute Gasteiger partial charge is 0.297 e. The van der Waals surface area contributed by atoms with Crippen LogP contribution < -0.4 is 0 Å². The third-order valence-corrected chi connectivity index (χ3v) is 3.83. The molecule has 0 radical (unpaired) electrons. The second-order valence-electron chi connectivity index (χ2n) is 1.38. The van der Waals surface area contributed by atoms with Gasteiger partial charge in [0.2, 0.25) is 0 Å². The van der Waals surface area contributed by atoms with Gasteiger partial charge in [0, 0.05) is 6.16 Å². The molecule has 0 aliphatic rings. The second kappa shape index (κ2) is 3.40. The van der Waals surface area contributed by atoms with Gasteiger partial charge in [0.25, 0.3) is 11.5 Å². The van der Waals surface area contributed by atoms with Gasteiger partial charge in [0.05, 0.1) is 0 Å². The number of carbonyl (C=O) groups excluding carboxylic acids is 1. The summed E-state index contributed by atoms with van der Waals surface area (Å²) < 4.78 is 10.7. The van der Waals surface area contributed by atoms with E-state index in [-0.39, 0.29) is 6.16 Å². The number of halogens is 2. The molecule has 0 aromatic carbocycles. The highest BCUT2D eigenvalue weighted by Crippen LogP contribution is 2.53. The average molecular weight is 187 g/mol. The van der Waals surface area contributed by atoms with Crippen LogP contribution >= 0.6 is 29.3 Å². The molecule has 0 aliphatic carbocycles. The Hall–Kier alpha value is 0.220. The first-order valence-electron chi connectivity index (χ1n) is 2.10. The van der Waals surface area contributed by atoms with Crippen molar-refractivity contribution >= 4 is 34.3 Å². The van der Waals surface area contributed by atoms with E-state index in [1.807, 2.05) is 0 Å². The normalized spacial score (nSPS) is 16.2. The highest BCUT2D eigenvalue weighted by atomic mass is 35.7. The van der Waals surface area contributed by atoms with E-state index in [1.165, 1.54) is 6.08 Å². The summed E-state index contributed by atoms with van der Waals surface area (Å²) in [7, 11) is 0. The van der Waals surface area contributed by atoms with E-state index in [0.29, 0.717) is 0 Å². The van der Waals surface area contributed by atoms with Gasteiger partial charge < -0.3 is 0 Å². The number of rotatable bonds is 3. The molecule has 1 unspecified atom stereocenters. The molecular weight excluding hydrogens is 182 g/mol. The summed E-state index contributed by atoms with van der Waals surface area (Å²) in [5.74, 6) is 0. The van der Waals surface area contributed by atoms with Crippen molar-refractivity contribution in [2.45, 2.75) is 0 Å². The quantitative estimate of drug-likeness (QED) is 0.386. The Bertz CT molecular complexity index is 177. The van der Waals surface area contributed by atoms with Crippen molar-refractivity contribution in [2.24, 2.45) is 0 Å². The molecule has 0 aliphatic heterocycles. The molecule has 0 bridgehead atoms. The van der Waals surface area contributed by atoms with Gasteiger partial charge in [-0.15, -0.1) is 6.58 Å². The summed E-state index contributed by atoms with van der Waals surface area (Å²) in [5.41, 5.74) is 0. The van der Waals surface area contributed by atoms with E-state index in [0.717, 1.165) is 0 Å². The third-order valence-electron chi connectivity index (χ3n) is 0.626. The van der Waals surface area contributed by atoms with Gasteiger partial charge in [-0.1, -0.05) is 6.08 Å². The topological polar surface area (TPSA) is 34.1 Å². The molecule has 0 N–H and O–H groups in total. The molecular formula is C4H5Cl2O2P. The predicted octanol–water partition coefficient (Wildman–Crippen LogP) is 3.05. The van der Waals surface area contributed by atoms with Crippen LogP contribution in [0.25, 0.3) is 0 Å². The number of hydrogen-bond acceptors (Lipinski definition) is 2. The van der Waals surface area contributed by atoms with Gasteiger partial charge in [-0.25, -0.2) is 0 Å². The minimum atomic E-state index is -3.28. The maximum Gasteiger partial charge on any atom is 0.295 e. The van der Waals surface area contributed by atoms with Crippen LogP contribution in [0.15, 0.2) is 12.7 Å². The maximum absolute atomic E-state index is 10.7. The van der Waals surface area contributed by atoms with Crippen molar-refractivity contribution in [3.63, 3.8) is 0 Å². The third kappa shape index (κ3) is 3.04. The first kappa shape index (κ1) is 9.22. The number of allylic oxidation sites excluding steroid dienone is 1. The monoisotopic (exact) mass is 186 g/mol. The molecule has 0 rings (SSSR count). The van der Waals surface area contributed by atoms with Crippen LogP contribution in [-0.4, -0.2) is 11.1 Å². The zero-order chi connectivity index (χ0) is 7.49. The van der Waals surface area contributed by atoms with Crippen molar-refractivity contribution in [3.8, 4) is 0 Å². The SMILES string of the molecule is C=CCP(=O)(Cl)C(=O)Cl. The highest BCUT2D eigenvalue weighted by molar-refractivity contribution is 8.04. The lowest BCUT2D eigenvalue weighted by molar-refractivity contribution is 0.274. The molecule has 0 fully saturated rings. The summed E-state index contributed by atoms with van der Waals surface area (Å²) in [6.07, 6.45) is 1.25. The van der Waals surface area contributed by atoms with Crippen molar-refractivity contribution in [1.29, 1.82) is 0 Å². The summed E-state index contributed by atoms with van der Waals surface area (Å²) in [5, 5.41) is 0. The average Bonchev–Trinajstić information content (AvgIpc) is 1.65. The molecule has 2 nitrogen and oxygen atoms in total.